The molecule has 1 atom stereocenters. The molecule has 0 N–H and O–H groups in total. The third kappa shape index (κ3) is 3.88. The maximum absolute atomic E-state index is 12.6. The van der Waals surface area contributed by atoms with Crippen LogP contribution in [0.25, 0.3) is 10.4 Å². The number of likely N-dealkylation sites (tertiary alicyclic amines) is 1. The summed E-state index contributed by atoms with van der Waals surface area (Å²) in [4.78, 5) is 18.0. The number of benzene rings is 1. The Morgan fingerprint density at radius 1 is 1.20 bits per heavy atom. The summed E-state index contributed by atoms with van der Waals surface area (Å²) < 4.78 is 37.9. The Kier molecular flexibility index (Phi) is 4.88. The van der Waals surface area contributed by atoms with Crippen molar-refractivity contribution in [3.05, 3.63) is 46.8 Å². The molecule has 0 aliphatic carbocycles. The van der Waals surface area contributed by atoms with E-state index in [1.807, 2.05) is 14.1 Å². The molecule has 1 aromatic heterocycles. The number of hydrogen-bond donors (Lipinski definition) is 0. The Morgan fingerprint density at radius 2 is 1.88 bits per heavy atom. The number of rotatable bonds is 3. The van der Waals surface area contributed by atoms with Crippen molar-refractivity contribution in [2.24, 2.45) is 0 Å². The van der Waals surface area contributed by atoms with Gasteiger partial charge in [0.15, 0.2) is 0 Å². The van der Waals surface area contributed by atoms with E-state index in [2.05, 4.69) is 4.90 Å². The van der Waals surface area contributed by atoms with E-state index in [4.69, 9.17) is 0 Å². The highest BCUT2D eigenvalue weighted by Crippen LogP contribution is 2.33. The lowest BCUT2D eigenvalue weighted by atomic mass is 10.1. The molecule has 1 aromatic carbocycles. The molecule has 0 bridgehead atoms. The van der Waals surface area contributed by atoms with E-state index >= 15 is 0 Å². The quantitative estimate of drug-likeness (QED) is 0.810. The summed E-state index contributed by atoms with van der Waals surface area (Å²) in [6.45, 7) is 1.84. The second-order valence-electron chi connectivity index (χ2n) is 6.36. The van der Waals surface area contributed by atoms with Crippen LogP contribution in [-0.2, 0) is 6.18 Å². The molecule has 2 aromatic rings. The molecule has 1 saturated heterocycles. The molecule has 0 saturated carbocycles. The summed E-state index contributed by atoms with van der Waals surface area (Å²) >= 11 is 1.31. The van der Waals surface area contributed by atoms with E-state index in [9.17, 15) is 18.0 Å². The van der Waals surface area contributed by atoms with E-state index < -0.39 is 11.7 Å². The molecule has 0 radical (unpaired) electrons. The Labute approximate surface area is 148 Å². The van der Waals surface area contributed by atoms with Crippen molar-refractivity contribution < 1.29 is 18.0 Å². The van der Waals surface area contributed by atoms with Gasteiger partial charge in [-0.05, 0) is 49.8 Å². The highest BCUT2D eigenvalue weighted by molar-refractivity contribution is 7.17. The summed E-state index contributed by atoms with van der Waals surface area (Å²) in [5.41, 5.74) is 0.00879. The monoisotopic (exact) mass is 368 g/mol. The topological polar surface area (TPSA) is 23.6 Å². The van der Waals surface area contributed by atoms with Gasteiger partial charge in [0.1, 0.15) is 0 Å². The van der Waals surface area contributed by atoms with Gasteiger partial charge in [-0.3, -0.25) is 4.79 Å². The van der Waals surface area contributed by atoms with Crippen molar-refractivity contribution in [2.75, 3.05) is 27.2 Å². The van der Waals surface area contributed by atoms with Gasteiger partial charge in [0.2, 0.25) is 0 Å². The van der Waals surface area contributed by atoms with E-state index in [-0.39, 0.29) is 11.9 Å². The van der Waals surface area contributed by atoms with Crippen LogP contribution >= 0.6 is 11.3 Å². The minimum Gasteiger partial charge on any atom is -0.337 e. The van der Waals surface area contributed by atoms with Gasteiger partial charge in [-0.25, -0.2) is 0 Å². The molecule has 1 aliphatic heterocycles. The van der Waals surface area contributed by atoms with E-state index in [0.29, 0.717) is 10.4 Å². The smallest absolute Gasteiger partial charge is 0.337 e. The lowest BCUT2D eigenvalue weighted by Crippen LogP contribution is -2.38. The largest absolute Gasteiger partial charge is 0.416 e. The second kappa shape index (κ2) is 6.80. The van der Waals surface area contributed by atoms with Crippen LogP contribution in [-0.4, -0.2) is 48.9 Å². The fourth-order valence-electron chi connectivity index (χ4n) is 3.00. The highest BCUT2D eigenvalue weighted by Gasteiger charge is 2.30. The molecule has 25 heavy (non-hydrogen) atoms. The molecule has 1 fully saturated rings. The molecule has 0 spiro atoms. The average Bonchev–Trinajstić information content (AvgIpc) is 3.22. The Bertz CT molecular complexity index is 754. The predicted octanol–water partition coefficient (Wildman–Crippen LogP) is 4.21. The lowest BCUT2D eigenvalue weighted by molar-refractivity contribution is -0.137. The van der Waals surface area contributed by atoms with Crippen LogP contribution in [0.3, 0.4) is 0 Å². The first-order valence-electron chi connectivity index (χ1n) is 7.99. The minimum absolute atomic E-state index is 0.0385. The standard InChI is InChI=1S/C18H19F3N2OS/c1-22-10-9-14(11-22)23(2)17(24)16-8-7-15(25-16)12-3-5-13(6-4-12)18(19,20)21/h3-8,14H,9-11H2,1-2H3. The minimum atomic E-state index is -4.34. The molecule has 134 valence electrons. The zero-order valence-corrected chi connectivity index (χ0v) is 14.8. The Hall–Kier alpha value is -1.86. The third-order valence-corrected chi connectivity index (χ3v) is 5.67. The van der Waals surface area contributed by atoms with Gasteiger partial charge in [0, 0.05) is 24.5 Å². The zero-order valence-electron chi connectivity index (χ0n) is 14.0. The highest BCUT2D eigenvalue weighted by atomic mass is 32.1. The summed E-state index contributed by atoms with van der Waals surface area (Å²) in [6.07, 6.45) is -3.39. The van der Waals surface area contributed by atoms with Crippen LogP contribution in [0, 0.1) is 0 Å². The van der Waals surface area contributed by atoms with E-state index in [0.717, 1.165) is 36.5 Å². The molecule has 3 nitrogen and oxygen atoms in total. The Balaban J connectivity index is 1.74. The maximum atomic E-state index is 12.6. The van der Waals surface area contributed by atoms with Crippen LogP contribution in [0.2, 0.25) is 0 Å². The van der Waals surface area contributed by atoms with Gasteiger partial charge >= 0.3 is 6.18 Å². The van der Waals surface area contributed by atoms with Crippen molar-refractivity contribution in [3.63, 3.8) is 0 Å². The number of likely N-dealkylation sites (N-methyl/N-ethyl adjacent to an activating group) is 2. The summed E-state index contributed by atoms with van der Waals surface area (Å²) in [5, 5.41) is 0. The summed E-state index contributed by atoms with van der Waals surface area (Å²) in [7, 11) is 3.84. The first-order chi connectivity index (χ1) is 11.8. The van der Waals surface area contributed by atoms with Gasteiger partial charge in [-0.15, -0.1) is 11.3 Å². The number of carbonyl (C=O) groups is 1. The molecule has 1 aliphatic rings. The van der Waals surface area contributed by atoms with Crippen molar-refractivity contribution in [3.8, 4) is 10.4 Å². The first kappa shape index (κ1) is 17.9. The van der Waals surface area contributed by atoms with Crippen LogP contribution in [0.15, 0.2) is 36.4 Å². The number of amides is 1. The molecule has 1 unspecified atom stereocenters. The molecular formula is C18H19F3N2OS. The number of carbonyl (C=O) groups excluding carboxylic acids is 1. The SMILES string of the molecule is CN1CCC(N(C)C(=O)c2ccc(-c3ccc(C(F)(F)F)cc3)s2)C1. The Morgan fingerprint density at radius 3 is 2.44 bits per heavy atom. The molecule has 1 amide bonds. The molecular weight excluding hydrogens is 349 g/mol. The average molecular weight is 368 g/mol. The van der Waals surface area contributed by atoms with Gasteiger partial charge in [0.05, 0.1) is 10.4 Å². The number of halogens is 3. The number of hydrogen-bond acceptors (Lipinski definition) is 3. The first-order valence-corrected chi connectivity index (χ1v) is 8.80. The van der Waals surface area contributed by atoms with Gasteiger partial charge < -0.3 is 9.80 Å². The van der Waals surface area contributed by atoms with Gasteiger partial charge in [-0.1, -0.05) is 12.1 Å². The van der Waals surface area contributed by atoms with Crippen molar-refractivity contribution in [1.82, 2.24) is 9.80 Å². The van der Waals surface area contributed by atoms with E-state index in [1.54, 1.807) is 17.0 Å². The molecule has 2 heterocycles. The normalized spacial score (nSPS) is 18.5. The van der Waals surface area contributed by atoms with Crippen LogP contribution in [0.4, 0.5) is 13.2 Å². The molecule has 7 heteroatoms. The summed E-state index contributed by atoms with van der Waals surface area (Å²) in [5.74, 6) is -0.0385. The van der Waals surface area contributed by atoms with Crippen molar-refractivity contribution in [1.29, 1.82) is 0 Å². The fraction of sp³-hybridized carbons (Fsp3) is 0.389. The predicted molar refractivity (Wildman–Crippen MR) is 92.8 cm³/mol. The third-order valence-electron chi connectivity index (χ3n) is 4.55. The maximum Gasteiger partial charge on any atom is 0.416 e. The number of nitrogens with zero attached hydrogens (tertiary/aromatic N) is 2. The lowest BCUT2D eigenvalue weighted by Gasteiger charge is -2.23. The molecule has 3 rings (SSSR count). The van der Waals surface area contributed by atoms with Crippen LogP contribution < -0.4 is 0 Å². The zero-order chi connectivity index (χ0) is 18.2. The fourth-order valence-corrected chi connectivity index (χ4v) is 3.99. The van der Waals surface area contributed by atoms with Gasteiger partial charge in [0.25, 0.3) is 5.91 Å². The van der Waals surface area contributed by atoms with Crippen molar-refractivity contribution in [2.45, 2.75) is 18.6 Å². The van der Waals surface area contributed by atoms with Gasteiger partial charge in [-0.2, -0.15) is 13.2 Å². The van der Waals surface area contributed by atoms with Crippen LogP contribution in [0.5, 0.6) is 0 Å². The van der Waals surface area contributed by atoms with Crippen LogP contribution in [0.1, 0.15) is 21.7 Å². The second-order valence-corrected chi connectivity index (χ2v) is 7.44. The number of thiophene rings is 1. The van der Waals surface area contributed by atoms with Crippen molar-refractivity contribution >= 4 is 17.2 Å². The summed E-state index contributed by atoms with van der Waals surface area (Å²) in [6, 6.07) is 8.75. The number of alkyl halides is 3. The van der Waals surface area contributed by atoms with E-state index in [1.165, 1.54) is 23.5 Å².